The van der Waals surface area contributed by atoms with Crippen molar-refractivity contribution < 1.29 is 4.74 Å². The Kier molecular flexibility index (Phi) is 4.27. The molecule has 0 aliphatic rings. The van der Waals surface area contributed by atoms with E-state index in [1.165, 1.54) is 11.1 Å². The molecule has 0 saturated heterocycles. The maximum Gasteiger partial charge on any atom is 0.122 e. The third-order valence-corrected chi connectivity index (χ3v) is 2.76. The van der Waals surface area contributed by atoms with Crippen LogP contribution in [0.2, 0.25) is 0 Å². The van der Waals surface area contributed by atoms with E-state index >= 15 is 0 Å². The molecule has 0 N–H and O–H groups in total. The molecule has 78 valence electrons. The van der Waals surface area contributed by atoms with Crippen molar-refractivity contribution in [2.24, 2.45) is 0 Å². The Hall–Kier alpha value is -0.690. The summed E-state index contributed by atoms with van der Waals surface area (Å²) < 4.78 is 5.28. The number of aryl methyl sites for hydroxylation is 1. The van der Waals surface area contributed by atoms with E-state index in [0.29, 0.717) is 11.8 Å². The Bertz CT molecular complexity index is 296. The minimum absolute atomic E-state index is 0.502. The van der Waals surface area contributed by atoms with Gasteiger partial charge in [-0.1, -0.05) is 19.1 Å². The van der Waals surface area contributed by atoms with Gasteiger partial charge in [-0.15, -0.1) is 11.6 Å². The van der Waals surface area contributed by atoms with Crippen molar-refractivity contribution in [2.45, 2.75) is 26.2 Å². The molecule has 0 spiro atoms. The lowest BCUT2D eigenvalue weighted by molar-refractivity contribution is 0.410. The van der Waals surface area contributed by atoms with E-state index in [2.05, 4.69) is 32.0 Å². The summed E-state index contributed by atoms with van der Waals surface area (Å²) in [5, 5.41) is 0. The second-order valence-electron chi connectivity index (χ2n) is 3.61. The van der Waals surface area contributed by atoms with Crippen LogP contribution in [0, 0.1) is 6.92 Å². The number of alkyl halides is 1. The lowest BCUT2D eigenvalue weighted by atomic mass is 9.97. The molecule has 1 rings (SSSR count). The molecule has 1 atom stereocenters. The molecule has 0 aromatic heterocycles. The zero-order valence-electron chi connectivity index (χ0n) is 9.01. The van der Waals surface area contributed by atoms with Crippen molar-refractivity contribution in [2.75, 3.05) is 13.0 Å². The number of benzene rings is 1. The van der Waals surface area contributed by atoms with Crippen LogP contribution in [0.3, 0.4) is 0 Å². The average Bonchev–Trinajstić information content (AvgIpc) is 2.19. The third kappa shape index (κ3) is 2.65. The van der Waals surface area contributed by atoms with Crippen molar-refractivity contribution in [3.8, 4) is 5.75 Å². The van der Waals surface area contributed by atoms with E-state index in [-0.39, 0.29) is 0 Å². The highest BCUT2D eigenvalue weighted by Gasteiger charge is 2.07. The average molecular weight is 213 g/mol. The summed E-state index contributed by atoms with van der Waals surface area (Å²) in [6, 6.07) is 6.35. The third-order valence-electron chi connectivity index (χ3n) is 2.54. The fraction of sp³-hybridized carbons (Fsp3) is 0.500. The molecule has 0 aliphatic heterocycles. The van der Waals surface area contributed by atoms with E-state index in [9.17, 15) is 0 Å². The van der Waals surface area contributed by atoms with Crippen LogP contribution in [0.5, 0.6) is 5.75 Å². The van der Waals surface area contributed by atoms with E-state index in [1.807, 2.05) is 0 Å². The fourth-order valence-electron chi connectivity index (χ4n) is 1.47. The highest BCUT2D eigenvalue weighted by Crippen LogP contribution is 2.26. The van der Waals surface area contributed by atoms with E-state index in [0.717, 1.165) is 12.2 Å². The Balaban J connectivity index is 2.88. The summed E-state index contributed by atoms with van der Waals surface area (Å²) >= 11 is 5.72. The normalized spacial score (nSPS) is 12.6. The lowest BCUT2D eigenvalue weighted by Crippen LogP contribution is -1.96. The molecule has 14 heavy (non-hydrogen) atoms. The summed E-state index contributed by atoms with van der Waals surface area (Å²) in [7, 11) is 1.71. The van der Waals surface area contributed by atoms with Crippen LogP contribution in [0.25, 0.3) is 0 Å². The van der Waals surface area contributed by atoms with Gasteiger partial charge in [0, 0.05) is 5.88 Å². The predicted molar refractivity (Wildman–Crippen MR) is 61.5 cm³/mol. The zero-order valence-corrected chi connectivity index (χ0v) is 9.77. The fourth-order valence-corrected chi connectivity index (χ4v) is 1.80. The number of hydrogen-bond donors (Lipinski definition) is 0. The van der Waals surface area contributed by atoms with Crippen LogP contribution in [0.4, 0.5) is 0 Å². The smallest absolute Gasteiger partial charge is 0.122 e. The molecule has 0 saturated carbocycles. The van der Waals surface area contributed by atoms with Gasteiger partial charge in [0.15, 0.2) is 0 Å². The molecule has 2 heteroatoms. The summed E-state index contributed by atoms with van der Waals surface area (Å²) in [5.74, 6) is 2.17. The molecule has 1 aromatic carbocycles. The molecule has 1 nitrogen and oxygen atoms in total. The number of ether oxygens (including phenoxy) is 1. The highest BCUT2D eigenvalue weighted by molar-refractivity contribution is 6.17. The van der Waals surface area contributed by atoms with Gasteiger partial charge in [0.2, 0.25) is 0 Å². The molecule has 1 aromatic rings. The van der Waals surface area contributed by atoms with Crippen molar-refractivity contribution in [1.29, 1.82) is 0 Å². The minimum atomic E-state index is 0.502. The van der Waals surface area contributed by atoms with Crippen molar-refractivity contribution >= 4 is 11.6 Å². The summed E-state index contributed by atoms with van der Waals surface area (Å²) in [4.78, 5) is 0. The van der Waals surface area contributed by atoms with Gasteiger partial charge in [-0.3, -0.25) is 0 Å². The van der Waals surface area contributed by atoms with Crippen molar-refractivity contribution in [3.05, 3.63) is 29.3 Å². The van der Waals surface area contributed by atoms with Crippen LogP contribution in [0.1, 0.15) is 30.4 Å². The first-order chi connectivity index (χ1) is 6.69. The Labute approximate surface area is 91.0 Å². The molecular weight excluding hydrogens is 196 g/mol. The van der Waals surface area contributed by atoms with Gasteiger partial charge in [0.1, 0.15) is 5.75 Å². The monoisotopic (exact) mass is 212 g/mol. The molecule has 0 heterocycles. The second kappa shape index (κ2) is 5.26. The molecule has 0 bridgehead atoms. The quantitative estimate of drug-likeness (QED) is 0.691. The maximum atomic E-state index is 5.72. The molecule has 0 aliphatic carbocycles. The highest BCUT2D eigenvalue weighted by atomic mass is 35.5. The summed E-state index contributed by atoms with van der Waals surface area (Å²) in [5.41, 5.74) is 2.47. The van der Waals surface area contributed by atoms with Crippen LogP contribution < -0.4 is 4.74 Å². The number of hydrogen-bond acceptors (Lipinski definition) is 1. The van der Waals surface area contributed by atoms with Crippen LogP contribution in [-0.2, 0) is 0 Å². The summed E-state index contributed by atoms with van der Waals surface area (Å²) in [6.45, 7) is 4.24. The Morgan fingerprint density at radius 1 is 1.43 bits per heavy atom. The molecular formula is C12H17ClO. The van der Waals surface area contributed by atoms with Crippen molar-refractivity contribution in [3.63, 3.8) is 0 Å². The van der Waals surface area contributed by atoms with E-state index < -0.39 is 0 Å². The van der Waals surface area contributed by atoms with E-state index in [1.54, 1.807) is 7.11 Å². The van der Waals surface area contributed by atoms with Gasteiger partial charge in [-0.25, -0.2) is 0 Å². The Morgan fingerprint density at radius 3 is 2.71 bits per heavy atom. The first-order valence-corrected chi connectivity index (χ1v) is 5.43. The van der Waals surface area contributed by atoms with Crippen LogP contribution >= 0.6 is 11.6 Å². The van der Waals surface area contributed by atoms with Gasteiger partial charge < -0.3 is 4.74 Å². The van der Waals surface area contributed by atoms with Gasteiger partial charge >= 0.3 is 0 Å². The number of halogens is 1. The number of methoxy groups -OCH3 is 1. The largest absolute Gasteiger partial charge is 0.496 e. The number of rotatable bonds is 4. The molecule has 1 unspecified atom stereocenters. The van der Waals surface area contributed by atoms with Gasteiger partial charge in [0.25, 0.3) is 0 Å². The van der Waals surface area contributed by atoms with Crippen molar-refractivity contribution in [1.82, 2.24) is 0 Å². The molecule has 0 amide bonds. The van der Waals surface area contributed by atoms with Crippen LogP contribution in [-0.4, -0.2) is 13.0 Å². The Morgan fingerprint density at radius 2 is 2.14 bits per heavy atom. The van der Waals surface area contributed by atoms with Gasteiger partial charge in [-0.2, -0.15) is 0 Å². The second-order valence-corrected chi connectivity index (χ2v) is 3.99. The standard InChI is InChI=1S/C12H17ClO/c1-9(6-7-13)11-5-4-10(2)12(8-11)14-3/h4-5,8-9H,6-7H2,1-3H3. The summed E-state index contributed by atoms with van der Waals surface area (Å²) in [6.07, 6.45) is 1.01. The van der Waals surface area contributed by atoms with Crippen LogP contribution in [0.15, 0.2) is 18.2 Å². The zero-order chi connectivity index (χ0) is 10.6. The SMILES string of the molecule is COc1cc(C(C)CCCl)ccc1C. The molecule has 0 fully saturated rings. The van der Waals surface area contributed by atoms with Gasteiger partial charge in [-0.05, 0) is 36.5 Å². The maximum absolute atomic E-state index is 5.72. The topological polar surface area (TPSA) is 9.23 Å². The first kappa shape index (κ1) is 11.4. The van der Waals surface area contributed by atoms with Gasteiger partial charge in [0.05, 0.1) is 7.11 Å². The molecule has 0 radical (unpaired) electrons. The van der Waals surface area contributed by atoms with E-state index in [4.69, 9.17) is 16.3 Å². The first-order valence-electron chi connectivity index (χ1n) is 4.89. The lowest BCUT2D eigenvalue weighted by Gasteiger charge is -2.12. The predicted octanol–water partition coefficient (Wildman–Crippen LogP) is 3.74. The minimum Gasteiger partial charge on any atom is -0.496 e.